The van der Waals surface area contributed by atoms with Gasteiger partial charge in [0.2, 0.25) is 0 Å². The lowest BCUT2D eigenvalue weighted by Crippen LogP contribution is -2.44. The molecule has 1 atom stereocenters. The fourth-order valence-corrected chi connectivity index (χ4v) is 2.33. The largest absolute Gasteiger partial charge is 0.379 e. The van der Waals surface area contributed by atoms with Crippen molar-refractivity contribution in [1.82, 2.24) is 10.2 Å². The fraction of sp³-hybridized carbons (Fsp3) is 0.600. The molecule has 0 amide bonds. The predicted molar refractivity (Wildman–Crippen MR) is 74.7 cm³/mol. The van der Waals surface area contributed by atoms with E-state index in [0.717, 1.165) is 39.4 Å². The monoisotopic (exact) mass is 248 g/mol. The second-order valence-corrected chi connectivity index (χ2v) is 5.12. The minimum atomic E-state index is 0.516. The molecule has 1 saturated heterocycles. The maximum absolute atomic E-state index is 5.36. The number of hydrogen-bond acceptors (Lipinski definition) is 3. The normalized spacial score (nSPS) is 18.8. The first-order valence-corrected chi connectivity index (χ1v) is 6.83. The molecule has 1 aliphatic rings. The topological polar surface area (TPSA) is 24.5 Å². The number of nitrogens with zero attached hydrogens (tertiary/aromatic N) is 1. The summed E-state index contributed by atoms with van der Waals surface area (Å²) in [7, 11) is 0. The molecular weight excluding hydrogens is 224 g/mol. The van der Waals surface area contributed by atoms with Crippen LogP contribution in [-0.4, -0.2) is 43.8 Å². The van der Waals surface area contributed by atoms with Crippen molar-refractivity contribution in [3.63, 3.8) is 0 Å². The lowest BCUT2D eigenvalue weighted by atomic mass is 10.1. The molecule has 0 aliphatic carbocycles. The van der Waals surface area contributed by atoms with E-state index >= 15 is 0 Å². The Morgan fingerprint density at radius 1 is 1.28 bits per heavy atom. The van der Waals surface area contributed by atoms with Gasteiger partial charge in [0.1, 0.15) is 0 Å². The van der Waals surface area contributed by atoms with Crippen LogP contribution in [0.15, 0.2) is 24.3 Å². The van der Waals surface area contributed by atoms with Crippen molar-refractivity contribution < 1.29 is 4.74 Å². The molecule has 18 heavy (non-hydrogen) atoms. The van der Waals surface area contributed by atoms with Crippen molar-refractivity contribution in [2.75, 3.05) is 32.8 Å². The third-order valence-electron chi connectivity index (χ3n) is 3.54. The van der Waals surface area contributed by atoms with E-state index in [-0.39, 0.29) is 0 Å². The number of rotatable bonds is 5. The van der Waals surface area contributed by atoms with E-state index in [1.54, 1.807) is 0 Å². The van der Waals surface area contributed by atoms with Crippen LogP contribution in [0.25, 0.3) is 0 Å². The summed E-state index contributed by atoms with van der Waals surface area (Å²) in [6.45, 7) is 10.4. The first-order chi connectivity index (χ1) is 8.75. The first-order valence-electron chi connectivity index (χ1n) is 6.83. The third-order valence-corrected chi connectivity index (χ3v) is 3.54. The smallest absolute Gasteiger partial charge is 0.0594 e. The number of ether oxygens (including phenoxy) is 1. The molecule has 1 aliphatic heterocycles. The van der Waals surface area contributed by atoms with Crippen LogP contribution in [0, 0.1) is 6.92 Å². The van der Waals surface area contributed by atoms with E-state index in [2.05, 4.69) is 48.3 Å². The minimum Gasteiger partial charge on any atom is -0.379 e. The molecule has 0 bridgehead atoms. The molecule has 2 rings (SSSR count). The quantitative estimate of drug-likeness (QED) is 0.860. The molecule has 100 valence electrons. The Morgan fingerprint density at radius 2 is 2.00 bits per heavy atom. The highest BCUT2D eigenvalue weighted by Crippen LogP contribution is 2.07. The number of aryl methyl sites for hydroxylation is 1. The Bertz CT molecular complexity index is 361. The summed E-state index contributed by atoms with van der Waals surface area (Å²) < 4.78 is 5.36. The highest BCUT2D eigenvalue weighted by atomic mass is 16.5. The van der Waals surface area contributed by atoms with Gasteiger partial charge < -0.3 is 10.1 Å². The molecule has 0 aromatic heterocycles. The van der Waals surface area contributed by atoms with Crippen LogP contribution >= 0.6 is 0 Å². The van der Waals surface area contributed by atoms with Crippen molar-refractivity contribution in [2.45, 2.75) is 26.4 Å². The summed E-state index contributed by atoms with van der Waals surface area (Å²) in [6, 6.07) is 9.09. The Balaban J connectivity index is 1.74. The molecule has 3 nitrogen and oxygen atoms in total. The highest BCUT2D eigenvalue weighted by Gasteiger charge is 2.13. The van der Waals surface area contributed by atoms with E-state index in [1.165, 1.54) is 11.1 Å². The lowest BCUT2D eigenvalue weighted by Gasteiger charge is -2.29. The highest BCUT2D eigenvalue weighted by molar-refractivity contribution is 5.25. The second kappa shape index (κ2) is 6.88. The minimum absolute atomic E-state index is 0.516. The molecule has 1 aromatic rings. The van der Waals surface area contributed by atoms with Crippen LogP contribution in [0.1, 0.15) is 18.1 Å². The van der Waals surface area contributed by atoms with Crippen molar-refractivity contribution >= 4 is 0 Å². The Labute approximate surface area is 110 Å². The molecule has 1 fully saturated rings. The van der Waals surface area contributed by atoms with E-state index in [4.69, 9.17) is 4.74 Å². The summed E-state index contributed by atoms with van der Waals surface area (Å²) in [5.74, 6) is 0. The maximum Gasteiger partial charge on any atom is 0.0594 e. The van der Waals surface area contributed by atoms with Gasteiger partial charge in [0.25, 0.3) is 0 Å². The third kappa shape index (κ3) is 4.09. The average Bonchev–Trinajstić information content (AvgIpc) is 2.39. The zero-order chi connectivity index (χ0) is 12.8. The van der Waals surface area contributed by atoms with Gasteiger partial charge in [-0.2, -0.15) is 0 Å². The van der Waals surface area contributed by atoms with Crippen molar-refractivity contribution in [1.29, 1.82) is 0 Å². The second-order valence-electron chi connectivity index (χ2n) is 5.12. The van der Waals surface area contributed by atoms with Crippen LogP contribution in [0.3, 0.4) is 0 Å². The Morgan fingerprint density at radius 3 is 2.72 bits per heavy atom. The summed E-state index contributed by atoms with van der Waals surface area (Å²) in [5, 5.41) is 3.60. The molecule has 0 radical (unpaired) electrons. The van der Waals surface area contributed by atoms with Crippen LogP contribution in [-0.2, 0) is 11.3 Å². The van der Waals surface area contributed by atoms with Crippen LogP contribution in [0.4, 0.5) is 0 Å². The fourth-order valence-electron chi connectivity index (χ4n) is 2.33. The summed E-state index contributed by atoms with van der Waals surface area (Å²) in [5.41, 5.74) is 2.76. The standard InChI is InChI=1S/C15H24N2O/c1-13-5-3-4-6-15(13)11-16-14(2)12-17-7-9-18-10-8-17/h3-6,14,16H,7-12H2,1-2H3. The molecule has 3 heteroatoms. The molecule has 1 heterocycles. The predicted octanol–water partition coefficient (Wildman–Crippen LogP) is 1.81. The number of benzene rings is 1. The molecule has 1 N–H and O–H groups in total. The lowest BCUT2D eigenvalue weighted by molar-refractivity contribution is 0.0343. The molecule has 0 spiro atoms. The van der Waals surface area contributed by atoms with Crippen molar-refractivity contribution in [3.8, 4) is 0 Å². The first kappa shape index (κ1) is 13.5. The molecular formula is C15H24N2O. The summed E-state index contributed by atoms with van der Waals surface area (Å²) >= 11 is 0. The maximum atomic E-state index is 5.36. The SMILES string of the molecule is Cc1ccccc1CNC(C)CN1CCOCC1. The number of hydrogen-bond donors (Lipinski definition) is 1. The van der Waals surface area contributed by atoms with Gasteiger partial charge in [-0.15, -0.1) is 0 Å². The number of nitrogens with one attached hydrogen (secondary N) is 1. The summed E-state index contributed by atoms with van der Waals surface area (Å²) in [6.07, 6.45) is 0. The van der Waals surface area contributed by atoms with E-state index < -0.39 is 0 Å². The van der Waals surface area contributed by atoms with Gasteiger partial charge in [0.05, 0.1) is 13.2 Å². The zero-order valence-electron chi connectivity index (χ0n) is 11.5. The van der Waals surface area contributed by atoms with Crippen LogP contribution in [0.2, 0.25) is 0 Å². The van der Waals surface area contributed by atoms with Crippen molar-refractivity contribution in [2.24, 2.45) is 0 Å². The summed E-state index contributed by atoms with van der Waals surface area (Å²) in [4.78, 5) is 2.47. The average molecular weight is 248 g/mol. The molecule has 1 aromatic carbocycles. The van der Waals surface area contributed by atoms with Gasteiger partial charge in [0, 0.05) is 32.2 Å². The van der Waals surface area contributed by atoms with E-state index in [1.807, 2.05) is 0 Å². The van der Waals surface area contributed by atoms with Gasteiger partial charge in [-0.05, 0) is 25.0 Å². The van der Waals surface area contributed by atoms with Crippen LogP contribution in [0.5, 0.6) is 0 Å². The Hall–Kier alpha value is -0.900. The van der Waals surface area contributed by atoms with Gasteiger partial charge >= 0.3 is 0 Å². The van der Waals surface area contributed by atoms with Crippen molar-refractivity contribution in [3.05, 3.63) is 35.4 Å². The van der Waals surface area contributed by atoms with E-state index in [9.17, 15) is 0 Å². The number of morpholine rings is 1. The Kier molecular flexibility index (Phi) is 5.17. The van der Waals surface area contributed by atoms with Gasteiger partial charge in [-0.25, -0.2) is 0 Å². The zero-order valence-corrected chi connectivity index (χ0v) is 11.5. The van der Waals surface area contributed by atoms with E-state index in [0.29, 0.717) is 6.04 Å². The molecule has 0 saturated carbocycles. The van der Waals surface area contributed by atoms with Gasteiger partial charge in [-0.3, -0.25) is 4.90 Å². The van der Waals surface area contributed by atoms with Gasteiger partial charge in [-0.1, -0.05) is 24.3 Å². The molecule has 1 unspecified atom stereocenters. The van der Waals surface area contributed by atoms with Gasteiger partial charge in [0.15, 0.2) is 0 Å². The van der Waals surface area contributed by atoms with Crippen LogP contribution < -0.4 is 5.32 Å².